The largest absolute Gasteiger partial charge is 0.497 e. The molecule has 9 heteroatoms. The normalized spacial score (nSPS) is 11.7. The fourth-order valence-electron chi connectivity index (χ4n) is 2.96. The summed E-state index contributed by atoms with van der Waals surface area (Å²) in [5, 5.41) is 3.24. The summed E-state index contributed by atoms with van der Waals surface area (Å²) in [6, 6.07) is 11.5. The Morgan fingerprint density at radius 1 is 1.17 bits per heavy atom. The molecule has 0 saturated heterocycles. The van der Waals surface area contributed by atoms with Crippen molar-refractivity contribution in [1.82, 2.24) is 9.29 Å². The maximum absolute atomic E-state index is 12.8. The van der Waals surface area contributed by atoms with Crippen LogP contribution in [0.15, 0.2) is 47.4 Å². The lowest BCUT2D eigenvalue weighted by molar-refractivity contribution is 0.102. The van der Waals surface area contributed by atoms with Crippen molar-refractivity contribution in [2.24, 2.45) is 0 Å². The zero-order valence-electron chi connectivity index (χ0n) is 17.2. The van der Waals surface area contributed by atoms with E-state index < -0.39 is 10.0 Å². The number of anilines is 1. The zero-order valence-corrected chi connectivity index (χ0v) is 18.8. The Hall–Kier alpha value is -2.49. The number of carbonyl (C=O) groups is 1. The van der Waals surface area contributed by atoms with Gasteiger partial charge in [0.2, 0.25) is 10.0 Å². The molecule has 1 N–H and O–H groups in total. The average molecular weight is 448 g/mol. The molecule has 160 valence electrons. The van der Waals surface area contributed by atoms with Crippen LogP contribution in [-0.4, -0.2) is 43.8 Å². The number of thiazole rings is 1. The summed E-state index contributed by atoms with van der Waals surface area (Å²) in [4.78, 5) is 17.2. The van der Waals surface area contributed by atoms with E-state index in [9.17, 15) is 13.2 Å². The third-order valence-electron chi connectivity index (χ3n) is 4.68. The molecule has 3 aromatic rings. The summed E-state index contributed by atoms with van der Waals surface area (Å²) in [6.45, 7) is 4.74. The van der Waals surface area contributed by atoms with Crippen molar-refractivity contribution in [2.45, 2.75) is 31.6 Å². The van der Waals surface area contributed by atoms with Gasteiger partial charge in [0.25, 0.3) is 5.91 Å². The van der Waals surface area contributed by atoms with Crippen molar-refractivity contribution in [3.63, 3.8) is 0 Å². The van der Waals surface area contributed by atoms with Crippen molar-refractivity contribution < 1.29 is 17.9 Å². The highest BCUT2D eigenvalue weighted by atomic mass is 32.2. The Labute approximate surface area is 180 Å². The smallest absolute Gasteiger partial charge is 0.257 e. The third-order valence-corrected chi connectivity index (χ3v) is 7.61. The number of carbonyl (C=O) groups excluding carboxylic acids is 1. The lowest BCUT2D eigenvalue weighted by Gasteiger charge is -2.20. The van der Waals surface area contributed by atoms with Gasteiger partial charge >= 0.3 is 0 Å². The Balaban J connectivity index is 1.75. The number of sulfonamides is 1. The summed E-state index contributed by atoms with van der Waals surface area (Å²) in [6.07, 6.45) is 1.73. The lowest BCUT2D eigenvalue weighted by atomic mass is 10.2. The molecule has 0 unspecified atom stereocenters. The maximum atomic E-state index is 12.8. The SMILES string of the molecule is CCCCN(CC)S(=O)(=O)c1ccc(C(=O)Nc2nc3ccc(OC)cc3s2)cc1. The Bertz CT molecular complexity index is 1120. The molecule has 0 atom stereocenters. The molecule has 0 bridgehead atoms. The van der Waals surface area contributed by atoms with Gasteiger partial charge in [-0.1, -0.05) is 31.6 Å². The molecule has 0 radical (unpaired) electrons. The number of rotatable bonds is 9. The molecule has 30 heavy (non-hydrogen) atoms. The second kappa shape index (κ2) is 9.55. The summed E-state index contributed by atoms with van der Waals surface area (Å²) in [7, 11) is -1.97. The van der Waals surface area contributed by atoms with E-state index in [2.05, 4.69) is 10.3 Å². The van der Waals surface area contributed by atoms with Crippen LogP contribution in [0.5, 0.6) is 5.75 Å². The highest BCUT2D eigenvalue weighted by Gasteiger charge is 2.22. The number of hydrogen-bond donors (Lipinski definition) is 1. The molecule has 0 spiro atoms. The van der Waals surface area contributed by atoms with E-state index >= 15 is 0 Å². The Morgan fingerprint density at radius 3 is 2.53 bits per heavy atom. The number of ether oxygens (including phenoxy) is 1. The van der Waals surface area contributed by atoms with Crippen LogP contribution in [0.1, 0.15) is 37.0 Å². The fourth-order valence-corrected chi connectivity index (χ4v) is 5.34. The van der Waals surface area contributed by atoms with Crippen LogP contribution >= 0.6 is 11.3 Å². The minimum absolute atomic E-state index is 0.184. The molecule has 0 aliphatic heterocycles. The molecule has 1 heterocycles. The first kappa shape index (κ1) is 22.2. The van der Waals surface area contributed by atoms with Crippen molar-refractivity contribution in [3.05, 3.63) is 48.0 Å². The monoisotopic (exact) mass is 447 g/mol. The van der Waals surface area contributed by atoms with Crippen LogP contribution in [0.3, 0.4) is 0 Å². The van der Waals surface area contributed by atoms with Crippen molar-refractivity contribution >= 4 is 42.6 Å². The van der Waals surface area contributed by atoms with Gasteiger partial charge in [-0.25, -0.2) is 13.4 Å². The third kappa shape index (κ3) is 4.80. The highest BCUT2D eigenvalue weighted by molar-refractivity contribution is 7.89. The molecule has 1 amide bonds. The van der Waals surface area contributed by atoms with E-state index in [-0.39, 0.29) is 10.8 Å². The van der Waals surface area contributed by atoms with E-state index in [1.807, 2.05) is 32.0 Å². The summed E-state index contributed by atoms with van der Waals surface area (Å²) >= 11 is 1.35. The number of aromatic nitrogens is 1. The van der Waals surface area contributed by atoms with Crippen LogP contribution in [0.25, 0.3) is 10.2 Å². The topological polar surface area (TPSA) is 88.6 Å². The van der Waals surface area contributed by atoms with E-state index in [0.717, 1.165) is 28.8 Å². The minimum Gasteiger partial charge on any atom is -0.497 e. The van der Waals surface area contributed by atoms with Crippen LogP contribution in [0, 0.1) is 0 Å². The predicted octanol–water partition coefficient (Wildman–Crippen LogP) is 4.37. The maximum Gasteiger partial charge on any atom is 0.257 e. The summed E-state index contributed by atoms with van der Waals surface area (Å²) in [5.74, 6) is 0.379. The van der Waals surface area contributed by atoms with Gasteiger partial charge < -0.3 is 4.74 Å². The number of benzene rings is 2. The minimum atomic E-state index is -3.57. The van der Waals surface area contributed by atoms with Crippen molar-refractivity contribution in [2.75, 3.05) is 25.5 Å². The lowest BCUT2D eigenvalue weighted by Crippen LogP contribution is -2.31. The van der Waals surface area contributed by atoms with Crippen LogP contribution in [0.4, 0.5) is 5.13 Å². The molecule has 0 aliphatic rings. The molecular formula is C21H25N3O4S2. The van der Waals surface area contributed by atoms with Gasteiger partial charge in [-0.2, -0.15) is 4.31 Å². The molecule has 0 fully saturated rings. The zero-order chi connectivity index (χ0) is 21.7. The molecule has 2 aromatic carbocycles. The number of methoxy groups -OCH3 is 1. The first-order valence-corrected chi connectivity index (χ1v) is 12.0. The van der Waals surface area contributed by atoms with Gasteiger partial charge in [0.1, 0.15) is 5.75 Å². The number of unbranched alkanes of at least 4 members (excludes halogenated alkanes) is 1. The number of amides is 1. The van der Waals surface area contributed by atoms with E-state index in [1.54, 1.807) is 7.11 Å². The fraction of sp³-hybridized carbons (Fsp3) is 0.333. The highest BCUT2D eigenvalue weighted by Crippen LogP contribution is 2.29. The summed E-state index contributed by atoms with van der Waals surface area (Å²) < 4.78 is 33.2. The van der Waals surface area contributed by atoms with Gasteiger partial charge in [0, 0.05) is 18.7 Å². The van der Waals surface area contributed by atoms with E-state index in [0.29, 0.717) is 23.8 Å². The first-order chi connectivity index (χ1) is 14.4. The van der Waals surface area contributed by atoms with Crippen LogP contribution < -0.4 is 10.1 Å². The predicted molar refractivity (Wildman–Crippen MR) is 120 cm³/mol. The van der Waals surface area contributed by atoms with Crippen molar-refractivity contribution in [3.8, 4) is 5.75 Å². The van der Waals surface area contributed by atoms with Gasteiger partial charge in [0.05, 0.1) is 22.2 Å². The standard InChI is InChI=1S/C21H25N3O4S2/c1-4-6-13-24(5-2)30(26,27)17-10-7-15(8-11-17)20(25)23-21-22-18-12-9-16(28-3)14-19(18)29-21/h7-12,14H,4-6,13H2,1-3H3,(H,22,23,25). The first-order valence-electron chi connectivity index (χ1n) is 9.75. The number of fused-ring (bicyclic) bond motifs is 1. The molecule has 7 nitrogen and oxygen atoms in total. The van der Waals surface area contributed by atoms with Gasteiger partial charge in [-0.05, 0) is 48.9 Å². The van der Waals surface area contributed by atoms with Gasteiger partial charge in [-0.3, -0.25) is 10.1 Å². The van der Waals surface area contributed by atoms with Gasteiger partial charge in [-0.15, -0.1) is 0 Å². The Kier molecular flexibility index (Phi) is 7.06. The molecule has 0 aliphatic carbocycles. The van der Waals surface area contributed by atoms with Crippen LogP contribution in [0.2, 0.25) is 0 Å². The van der Waals surface area contributed by atoms with E-state index in [4.69, 9.17) is 4.74 Å². The molecule has 1 aromatic heterocycles. The van der Waals surface area contributed by atoms with Crippen LogP contribution in [-0.2, 0) is 10.0 Å². The van der Waals surface area contributed by atoms with E-state index in [1.165, 1.54) is 39.9 Å². The van der Waals surface area contributed by atoms with Gasteiger partial charge in [0.15, 0.2) is 5.13 Å². The molecule has 0 saturated carbocycles. The number of hydrogen-bond acceptors (Lipinski definition) is 6. The second-order valence-electron chi connectivity index (χ2n) is 6.68. The molecule has 3 rings (SSSR count). The van der Waals surface area contributed by atoms with Crippen molar-refractivity contribution in [1.29, 1.82) is 0 Å². The number of nitrogens with zero attached hydrogens (tertiary/aromatic N) is 2. The quantitative estimate of drug-likeness (QED) is 0.526. The number of nitrogens with one attached hydrogen (secondary N) is 1. The summed E-state index contributed by atoms with van der Waals surface area (Å²) in [5.41, 5.74) is 1.13. The second-order valence-corrected chi connectivity index (χ2v) is 9.65. The Morgan fingerprint density at radius 2 is 1.90 bits per heavy atom. The average Bonchev–Trinajstić information content (AvgIpc) is 3.15. The molecular weight excluding hydrogens is 422 g/mol.